The second-order valence-electron chi connectivity index (χ2n) is 11.3. The van der Waals surface area contributed by atoms with Crippen LogP contribution in [-0.2, 0) is 14.3 Å². The maximum Gasteiger partial charge on any atom is 0.339 e. The molecule has 7 atom stereocenters. The summed E-state index contributed by atoms with van der Waals surface area (Å²) in [6, 6.07) is 1.66. The number of aliphatic carboxylic acids is 1. The Morgan fingerprint density at radius 2 is 2.06 bits per heavy atom. The monoisotopic (exact) mass is 529 g/mol. The first-order valence-electron chi connectivity index (χ1n) is 12.3. The number of pyridine rings is 1. The molecule has 1 heterocycles. The molecule has 3 fully saturated rings. The summed E-state index contributed by atoms with van der Waals surface area (Å²) < 4.78 is 6.37. The zero-order valence-corrected chi connectivity index (χ0v) is 21.5. The predicted octanol–water partition coefficient (Wildman–Crippen LogP) is 5.32. The Hall–Kier alpha value is -2.02. The molecule has 4 aliphatic rings. The van der Waals surface area contributed by atoms with Crippen molar-refractivity contribution in [1.82, 2.24) is 4.98 Å². The van der Waals surface area contributed by atoms with E-state index in [1.54, 1.807) is 12.3 Å². The Morgan fingerprint density at radius 3 is 2.71 bits per heavy atom. The van der Waals surface area contributed by atoms with Gasteiger partial charge >= 0.3 is 11.9 Å². The van der Waals surface area contributed by atoms with Gasteiger partial charge in [-0.2, -0.15) is 0 Å². The Kier molecular flexibility index (Phi) is 5.58. The molecule has 0 radical (unpaired) electrons. The van der Waals surface area contributed by atoms with Crippen molar-refractivity contribution in [1.29, 1.82) is 0 Å². The summed E-state index contributed by atoms with van der Waals surface area (Å²) in [6.45, 7) is 6.44. The van der Waals surface area contributed by atoms with Crippen LogP contribution in [0.3, 0.4) is 0 Å². The van der Waals surface area contributed by atoms with E-state index in [4.69, 9.17) is 4.74 Å². The summed E-state index contributed by atoms with van der Waals surface area (Å²) in [4.78, 5) is 43.1. The van der Waals surface area contributed by atoms with Gasteiger partial charge in [0.1, 0.15) is 11.7 Å². The summed E-state index contributed by atoms with van der Waals surface area (Å²) in [7, 11) is 0. The van der Waals surface area contributed by atoms with Crippen molar-refractivity contribution in [2.45, 2.75) is 52.9 Å². The van der Waals surface area contributed by atoms with Crippen LogP contribution in [0.5, 0.6) is 0 Å². The lowest BCUT2D eigenvalue weighted by molar-refractivity contribution is -0.181. The molecule has 4 aliphatic carbocycles. The van der Waals surface area contributed by atoms with Gasteiger partial charge in [-0.05, 0) is 77.3 Å². The summed E-state index contributed by atoms with van der Waals surface area (Å²) in [6.07, 6.45) is 10.0. The van der Waals surface area contributed by atoms with E-state index in [0.29, 0.717) is 34.7 Å². The van der Waals surface area contributed by atoms with E-state index in [0.717, 1.165) is 31.1 Å². The van der Waals surface area contributed by atoms with E-state index in [-0.39, 0.29) is 24.4 Å². The minimum absolute atomic E-state index is 0.00948. The van der Waals surface area contributed by atoms with Gasteiger partial charge in [0.25, 0.3) is 0 Å². The molecular weight excluding hydrogens is 498 g/mol. The lowest BCUT2D eigenvalue weighted by Crippen LogP contribution is -2.62. The van der Waals surface area contributed by atoms with Crippen LogP contribution in [0, 0.1) is 45.8 Å². The highest BCUT2D eigenvalue weighted by atomic mass is 79.9. The average Bonchev–Trinajstić information content (AvgIpc) is 3.36. The number of hydrogen-bond acceptors (Lipinski definition) is 5. The molecule has 7 heteroatoms. The van der Waals surface area contributed by atoms with Crippen LogP contribution in [0.2, 0.25) is 0 Å². The van der Waals surface area contributed by atoms with Crippen molar-refractivity contribution in [2.75, 3.05) is 6.61 Å². The molecule has 3 saturated carbocycles. The van der Waals surface area contributed by atoms with E-state index >= 15 is 0 Å². The van der Waals surface area contributed by atoms with Crippen molar-refractivity contribution >= 4 is 34.2 Å². The lowest BCUT2D eigenvalue weighted by Gasteiger charge is -2.58. The number of nitrogens with zero attached hydrogens (tertiary/aromatic N) is 1. The molecule has 6 unspecified atom stereocenters. The zero-order valence-electron chi connectivity index (χ0n) is 19.9. The van der Waals surface area contributed by atoms with Gasteiger partial charge in [0.2, 0.25) is 0 Å². The number of carboxylic acid groups (broad SMARTS) is 1. The van der Waals surface area contributed by atoms with Crippen LogP contribution in [0.4, 0.5) is 0 Å². The van der Waals surface area contributed by atoms with Crippen molar-refractivity contribution in [3.05, 3.63) is 40.1 Å². The molecular formula is C27H32BrNO5. The predicted molar refractivity (Wildman–Crippen MR) is 129 cm³/mol. The largest absolute Gasteiger partial charge is 0.481 e. The number of carbonyl (C=O) groups excluding carboxylic acids is 2. The first kappa shape index (κ1) is 23.7. The Labute approximate surface area is 208 Å². The maximum atomic E-state index is 13.4. The fourth-order valence-electron chi connectivity index (χ4n) is 8.77. The number of ether oxygens (including phenoxy) is 1. The lowest BCUT2D eigenvalue weighted by atomic mass is 9.42. The number of halogens is 1. The second-order valence-corrected chi connectivity index (χ2v) is 12.2. The van der Waals surface area contributed by atoms with Gasteiger partial charge in [-0.1, -0.05) is 38.8 Å². The number of fused-ring (bicyclic) bond motifs is 2. The van der Waals surface area contributed by atoms with E-state index < -0.39 is 28.2 Å². The van der Waals surface area contributed by atoms with Crippen LogP contribution in [0.15, 0.2) is 34.6 Å². The summed E-state index contributed by atoms with van der Waals surface area (Å²) in [5, 5.41) is 11.0. The van der Waals surface area contributed by atoms with Crippen molar-refractivity contribution in [3.8, 4) is 0 Å². The van der Waals surface area contributed by atoms with E-state index in [1.807, 2.05) is 13.8 Å². The molecule has 0 spiro atoms. The van der Waals surface area contributed by atoms with Crippen molar-refractivity contribution in [3.63, 3.8) is 0 Å². The average molecular weight is 530 g/mol. The number of rotatable bonds is 7. The molecule has 4 bridgehead atoms. The number of esters is 1. The Balaban J connectivity index is 1.54. The first-order chi connectivity index (χ1) is 16.1. The number of hydrogen-bond donors (Lipinski definition) is 1. The minimum Gasteiger partial charge on any atom is -0.481 e. The number of aldehydes is 1. The first-order valence-corrected chi connectivity index (χ1v) is 13.1. The van der Waals surface area contributed by atoms with Gasteiger partial charge in [0.15, 0.2) is 0 Å². The molecule has 0 aliphatic heterocycles. The Morgan fingerprint density at radius 1 is 1.29 bits per heavy atom. The summed E-state index contributed by atoms with van der Waals surface area (Å²) in [5.41, 5.74) is -1.47. The van der Waals surface area contributed by atoms with Gasteiger partial charge in [-0.25, -0.2) is 4.79 Å². The fourth-order valence-corrected chi connectivity index (χ4v) is 9.13. The van der Waals surface area contributed by atoms with Crippen LogP contribution in [0.25, 0.3) is 0 Å². The SMILES string of the molecule is CC(C)C1=CC2CC3(C=O)C4CC[C@@H](C)C4CC2(CCOC(=O)c2cncc(Br)c2)C13C(=O)O. The van der Waals surface area contributed by atoms with Crippen LogP contribution < -0.4 is 0 Å². The molecule has 1 N–H and O–H groups in total. The molecule has 1 aromatic rings. The quantitative estimate of drug-likeness (QED) is 0.292. The fraction of sp³-hybridized carbons (Fsp3) is 0.630. The Bertz CT molecular complexity index is 1080. The number of aromatic nitrogens is 1. The summed E-state index contributed by atoms with van der Waals surface area (Å²) >= 11 is 3.32. The van der Waals surface area contributed by atoms with Gasteiger partial charge in [0, 0.05) is 22.3 Å². The van der Waals surface area contributed by atoms with Crippen LogP contribution in [-0.4, -0.2) is 34.9 Å². The highest BCUT2D eigenvalue weighted by Gasteiger charge is 2.83. The zero-order chi connectivity index (χ0) is 24.5. The molecule has 182 valence electrons. The topological polar surface area (TPSA) is 93.6 Å². The third kappa shape index (κ3) is 2.79. The molecule has 0 saturated heterocycles. The second kappa shape index (κ2) is 8.00. The van der Waals surface area contributed by atoms with E-state index in [1.165, 1.54) is 6.20 Å². The minimum atomic E-state index is -1.23. The van der Waals surface area contributed by atoms with E-state index in [9.17, 15) is 19.5 Å². The third-order valence-corrected chi connectivity index (χ3v) is 10.3. The number of carbonyl (C=O) groups is 3. The normalized spacial score (nSPS) is 39.6. The highest BCUT2D eigenvalue weighted by molar-refractivity contribution is 9.10. The molecule has 6 nitrogen and oxygen atoms in total. The molecule has 5 rings (SSSR count). The van der Waals surface area contributed by atoms with Crippen molar-refractivity contribution < 1.29 is 24.2 Å². The van der Waals surface area contributed by atoms with Crippen LogP contribution in [0.1, 0.15) is 63.2 Å². The van der Waals surface area contributed by atoms with Gasteiger partial charge in [-0.15, -0.1) is 0 Å². The number of allylic oxidation sites excluding steroid dienone is 1. The van der Waals surface area contributed by atoms with Crippen LogP contribution >= 0.6 is 15.9 Å². The standard InChI is InChI=1S/C27H32BrNO5/c1-15(2)22-9-18-10-26(14-30)21-5-4-16(3)20(21)11-25(18,27(22,26)24(32)33)6-7-34-23(31)17-8-19(28)13-29-12-17/h8-9,12-16,18,20-21H,4-7,10-11H2,1-3H3,(H,32,33)/t16-,18?,20?,21?,25?,26?,27?/m1/s1. The van der Waals surface area contributed by atoms with Gasteiger partial charge < -0.3 is 14.6 Å². The smallest absolute Gasteiger partial charge is 0.339 e. The summed E-state index contributed by atoms with van der Waals surface area (Å²) in [5.74, 6) is -0.410. The number of carboxylic acids is 1. The van der Waals surface area contributed by atoms with Crippen molar-refractivity contribution in [2.24, 2.45) is 45.8 Å². The molecule has 1 aromatic heterocycles. The molecule has 0 aromatic carbocycles. The maximum absolute atomic E-state index is 13.4. The highest BCUT2D eigenvalue weighted by Crippen LogP contribution is 2.83. The third-order valence-electron chi connectivity index (χ3n) is 9.84. The van der Waals surface area contributed by atoms with Gasteiger partial charge in [-0.3, -0.25) is 9.78 Å². The molecule has 0 amide bonds. The van der Waals surface area contributed by atoms with E-state index in [2.05, 4.69) is 33.9 Å². The van der Waals surface area contributed by atoms with Gasteiger partial charge in [0.05, 0.1) is 17.6 Å². The molecule has 34 heavy (non-hydrogen) atoms.